The van der Waals surface area contributed by atoms with Crippen LogP contribution in [0.3, 0.4) is 0 Å². The first-order chi connectivity index (χ1) is 15.0. The minimum absolute atomic E-state index is 0.0198. The van der Waals surface area contributed by atoms with E-state index in [-0.39, 0.29) is 25.3 Å². The maximum absolute atomic E-state index is 13.4. The summed E-state index contributed by atoms with van der Waals surface area (Å²) >= 11 is 12.4. The van der Waals surface area contributed by atoms with E-state index in [2.05, 4.69) is 31.9 Å². The molecule has 3 rings (SSSR count). The first kappa shape index (κ1) is 25.0. The predicted molar refractivity (Wildman–Crippen MR) is 132 cm³/mol. The van der Waals surface area contributed by atoms with Gasteiger partial charge in [-0.05, 0) is 50.0 Å². The van der Waals surface area contributed by atoms with Crippen molar-refractivity contribution < 1.29 is 13.2 Å². The third-order valence-electron chi connectivity index (χ3n) is 5.62. The van der Waals surface area contributed by atoms with Crippen LogP contribution in [0.15, 0.2) is 56.8 Å². The highest BCUT2D eigenvalue weighted by molar-refractivity contribution is 7.95. The Kier molecular flexibility index (Phi) is 7.60. The van der Waals surface area contributed by atoms with Crippen LogP contribution in [0, 0.1) is 5.92 Å². The fraction of sp³-hybridized carbons (Fsp3) is 0.458. The Labute approximate surface area is 200 Å². The average Bonchev–Trinajstić information content (AvgIpc) is 3.12. The first-order valence-electron chi connectivity index (χ1n) is 10.7. The number of allylic oxidation sites excluding steroid dienone is 4. The van der Waals surface area contributed by atoms with Gasteiger partial charge in [-0.3, -0.25) is 0 Å². The van der Waals surface area contributed by atoms with Gasteiger partial charge >= 0.3 is 0 Å². The van der Waals surface area contributed by atoms with Crippen LogP contribution in [0.5, 0.6) is 0 Å². The fourth-order valence-electron chi connectivity index (χ4n) is 3.93. The lowest BCUT2D eigenvalue weighted by Gasteiger charge is -2.26. The number of rotatable bonds is 6. The Balaban J connectivity index is 2.16. The number of nitrogens with zero attached hydrogens (tertiary/aromatic N) is 2. The topological polar surface area (TPSA) is 61.2 Å². The second kappa shape index (κ2) is 9.72. The lowest BCUT2D eigenvalue weighted by molar-refractivity contribution is 0.0611. The number of ether oxygens (including phenoxy) is 1. The number of hydrogen-bond donors (Lipinski definition) is 0. The van der Waals surface area contributed by atoms with Crippen molar-refractivity contribution in [1.82, 2.24) is 9.55 Å². The summed E-state index contributed by atoms with van der Waals surface area (Å²) < 4.78 is 34.6. The summed E-state index contributed by atoms with van der Waals surface area (Å²) in [7, 11) is -3.97. The third kappa shape index (κ3) is 4.98. The predicted octanol–water partition coefficient (Wildman–Crippen LogP) is 6.31. The van der Waals surface area contributed by atoms with Crippen LogP contribution in [0.2, 0.25) is 0 Å². The van der Waals surface area contributed by atoms with Gasteiger partial charge in [0.25, 0.3) is 0 Å². The Bertz CT molecular complexity index is 1180. The molecule has 0 unspecified atom stereocenters. The highest BCUT2D eigenvalue weighted by atomic mass is 35.5. The molecule has 0 amide bonds. The van der Waals surface area contributed by atoms with Gasteiger partial charge in [0, 0.05) is 25.2 Å². The van der Waals surface area contributed by atoms with Gasteiger partial charge in [-0.25, -0.2) is 13.4 Å². The third-order valence-corrected chi connectivity index (χ3v) is 8.44. The molecule has 1 aromatic heterocycles. The van der Waals surface area contributed by atoms with Crippen LogP contribution < -0.4 is 0 Å². The molecule has 8 heteroatoms. The molecule has 1 fully saturated rings. The van der Waals surface area contributed by atoms with Crippen molar-refractivity contribution in [3.8, 4) is 0 Å². The van der Waals surface area contributed by atoms with Crippen LogP contribution in [0.4, 0.5) is 0 Å². The Morgan fingerprint density at radius 3 is 2.50 bits per heavy atom. The fourth-order valence-corrected chi connectivity index (χ4v) is 6.26. The van der Waals surface area contributed by atoms with Gasteiger partial charge in [0.15, 0.2) is 0 Å². The number of aromatic nitrogens is 2. The normalized spacial score (nSPS) is 17.5. The van der Waals surface area contributed by atoms with Crippen LogP contribution in [-0.4, -0.2) is 31.2 Å². The quantitative estimate of drug-likeness (QED) is 0.439. The van der Waals surface area contributed by atoms with E-state index in [0.717, 1.165) is 43.9 Å². The molecular weight excluding hydrogens is 467 g/mol. The summed E-state index contributed by atoms with van der Waals surface area (Å²) in [6, 6.07) is 5.03. The molecular formula is C24H30Cl2N2O3S. The minimum atomic E-state index is -3.97. The summed E-state index contributed by atoms with van der Waals surface area (Å²) in [5.41, 5.74) is 1.35. The van der Waals surface area contributed by atoms with Crippen molar-refractivity contribution >= 4 is 44.1 Å². The highest BCUT2D eigenvalue weighted by Crippen LogP contribution is 2.35. The second-order valence-electron chi connectivity index (χ2n) is 9.02. The molecule has 2 aromatic rings. The minimum Gasteiger partial charge on any atom is -0.381 e. The molecule has 2 heterocycles. The van der Waals surface area contributed by atoms with Crippen molar-refractivity contribution in [3.05, 3.63) is 57.7 Å². The molecule has 0 N–H and O–H groups in total. The molecule has 32 heavy (non-hydrogen) atoms. The van der Waals surface area contributed by atoms with Crippen LogP contribution >= 0.6 is 23.2 Å². The first-order valence-corrected chi connectivity index (χ1v) is 12.9. The molecule has 5 nitrogen and oxygen atoms in total. The lowest BCUT2D eigenvalue weighted by atomic mass is 9.94. The SMILES string of the molecule is C=C/C(Cl)=C(\C(Cl)=C/C)S(=O)(=O)c1ccc2c(c1)nc(C(C)(C)C)n2CC1CCOCC1. The summed E-state index contributed by atoms with van der Waals surface area (Å²) in [5.74, 6) is 1.43. The van der Waals surface area contributed by atoms with Crippen molar-refractivity contribution in [1.29, 1.82) is 0 Å². The lowest BCUT2D eigenvalue weighted by Crippen LogP contribution is -2.25. The van der Waals surface area contributed by atoms with E-state index in [0.29, 0.717) is 11.4 Å². The van der Waals surface area contributed by atoms with Crippen LogP contribution in [-0.2, 0) is 26.5 Å². The summed E-state index contributed by atoms with van der Waals surface area (Å²) in [5, 5.41) is 0.0315. The van der Waals surface area contributed by atoms with Crippen molar-refractivity contribution in [3.63, 3.8) is 0 Å². The number of halogens is 2. The van der Waals surface area contributed by atoms with Gasteiger partial charge in [-0.2, -0.15) is 0 Å². The molecule has 0 spiro atoms. The number of benzene rings is 1. The van der Waals surface area contributed by atoms with Crippen LogP contribution in [0.25, 0.3) is 11.0 Å². The van der Waals surface area contributed by atoms with E-state index in [1.165, 1.54) is 12.2 Å². The molecule has 0 bridgehead atoms. The number of imidazole rings is 1. The summed E-state index contributed by atoms with van der Waals surface area (Å²) in [6.07, 6.45) is 4.79. The molecule has 174 valence electrons. The van der Waals surface area contributed by atoms with Crippen LogP contribution in [0.1, 0.15) is 46.4 Å². The van der Waals surface area contributed by atoms with Gasteiger partial charge in [0.1, 0.15) is 10.7 Å². The van der Waals surface area contributed by atoms with E-state index < -0.39 is 9.84 Å². The molecule has 1 saturated heterocycles. The van der Waals surface area contributed by atoms with Crippen molar-refractivity contribution in [2.45, 2.75) is 57.4 Å². The molecule has 0 radical (unpaired) electrons. The van der Waals surface area contributed by atoms with E-state index in [9.17, 15) is 8.42 Å². The molecule has 0 saturated carbocycles. The maximum atomic E-state index is 13.4. The van der Waals surface area contributed by atoms with Gasteiger partial charge < -0.3 is 9.30 Å². The Hall–Kier alpha value is -1.60. The number of fused-ring (bicyclic) bond motifs is 1. The van der Waals surface area contributed by atoms with Gasteiger partial charge in [0.05, 0.1) is 26.0 Å². The van der Waals surface area contributed by atoms with Gasteiger partial charge in [-0.1, -0.05) is 56.6 Å². The average molecular weight is 497 g/mol. The van der Waals surface area contributed by atoms with E-state index in [1.54, 1.807) is 19.1 Å². The highest BCUT2D eigenvalue weighted by Gasteiger charge is 2.29. The largest absolute Gasteiger partial charge is 0.381 e. The van der Waals surface area contributed by atoms with E-state index in [4.69, 9.17) is 32.9 Å². The standard InChI is InChI=1S/C24H30Cl2N2O3S/c1-6-18(25)22(19(26)7-2)32(29,30)17-8-9-21-20(14-17)27-23(24(3,4)5)28(21)15-16-10-12-31-13-11-16/h6-9,14,16H,1,10-13,15H2,2-5H3/b19-7+,22-18-. The number of sulfone groups is 1. The molecule has 1 aliphatic rings. The summed E-state index contributed by atoms with van der Waals surface area (Å²) in [4.78, 5) is 4.80. The molecule has 0 atom stereocenters. The second-order valence-corrected chi connectivity index (χ2v) is 11.7. The molecule has 1 aromatic carbocycles. The van der Waals surface area contributed by atoms with E-state index >= 15 is 0 Å². The van der Waals surface area contributed by atoms with Gasteiger partial charge in [0.2, 0.25) is 9.84 Å². The maximum Gasteiger partial charge on any atom is 0.209 e. The monoisotopic (exact) mass is 496 g/mol. The molecule has 0 aliphatic carbocycles. The zero-order chi connectivity index (χ0) is 23.7. The van der Waals surface area contributed by atoms with Crippen molar-refractivity contribution in [2.24, 2.45) is 5.92 Å². The smallest absolute Gasteiger partial charge is 0.209 e. The van der Waals surface area contributed by atoms with Gasteiger partial charge in [-0.15, -0.1) is 0 Å². The zero-order valence-corrected chi connectivity index (χ0v) is 21.3. The summed E-state index contributed by atoms with van der Waals surface area (Å²) in [6.45, 7) is 14.0. The van der Waals surface area contributed by atoms with Crippen molar-refractivity contribution in [2.75, 3.05) is 13.2 Å². The van der Waals surface area contributed by atoms with E-state index in [1.807, 2.05) is 6.07 Å². The Morgan fingerprint density at radius 2 is 1.94 bits per heavy atom. The molecule has 1 aliphatic heterocycles. The Morgan fingerprint density at radius 1 is 1.28 bits per heavy atom. The number of hydrogen-bond acceptors (Lipinski definition) is 4. The zero-order valence-electron chi connectivity index (χ0n) is 19.0.